The lowest BCUT2D eigenvalue weighted by Crippen LogP contribution is -1.96. The quantitative estimate of drug-likeness (QED) is 0.660. The van der Waals surface area contributed by atoms with Crippen molar-refractivity contribution in [3.63, 3.8) is 0 Å². The Morgan fingerprint density at radius 2 is 1.88 bits per heavy atom. The molecular formula is C11H9N5. The minimum absolute atomic E-state index is 0.232. The molecule has 78 valence electrons. The molecule has 2 heterocycles. The summed E-state index contributed by atoms with van der Waals surface area (Å²) in [5, 5.41) is 4.11. The zero-order valence-electron chi connectivity index (χ0n) is 8.41. The Balaban J connectivity index is 2.31. The van der Waals surface area contributed by atoms with Gasteiger partial charge in [-0.3, -0.25) is 0 Å². The molecule has 0 atom stereocenters. The molecule has 0 radical (unpaired) electrons. The van der Waals surface area contributed by atoms with Crippen LogP contribution in [-0.4, -0.2) is 19.6 Å². The number of rotatable bonds is 1. The van der Waals surface area contributed by atoms with Gasteiger partial charge in [-0.05, 0) is 6.07 Å². The summed E-state index contributed by atoms with van der Waals surface area (Å²) in [6, 6.07) is 11.8. The third-order valence-corrected chi connectivity index (χ3v) is 2.33. The van der Waals surface area contributed by atoms with E-state index in [1.165, 1.54) is 0 Å². The van der Waals surface area contributed by atoms with Crippen molar-refractivity contribution in [2.45, 2.75) is 0 Å². The summed E-state index contributed by atoms with van der Waals surface area (Å²) in [6.07, 6.45) is 1.70. The standard InChI is InChI=1S/C11H9N5/c12-10-14-11-13-7-6-9(16(11)15-10)8-4-2-1-3-5-8/h1-7H,(H2,12,15). The zero-order valence-corrected chi connectivity index (χ0v) is 8.41. The molecule has 2 N–H and O–H groups in total. The third-order valence-electron chi connectivity index (χ3n) is 2.33. The normalized spacial score (nSPS) is 10.8. The maximum atomic E-state index is 5.55. The van der Waals surface area contributed by atoms with Crippen LogP contribution in [0.4, 0.5) is 5.95 Å². The van der Waals surface area contributed by atoms with Gasteiger partial charge in [0.15, 0.2) is 0 Å². The van der Waals surface area contributed by atoms with Crippen LogP contribution in [0.25, 0.3) is 17.0 Å². The number of anilines is 1. The molecule has 0 bridgehead atoms. The van der Waals surface area contributed by atoms with Crippen molar-refractivity contribution < 1.29 is 0 Å². The number of hydrogen-bond donors (Lipinski definition) is 1. The Hall–Kier alpha value is -2.43. The first kappa shape index (κ1) is 8.84. The Labute approximate surface area is 91.6 Å². The highest BCUT2D eigenvalue weighted by atomic mass is 15.4. The van der Waals surface area contributed by atoms with Gasteiger partial charge in [0.1, 0.15) is 0 Å². The molecule has 16 heavy (non-hydrogen) atoms. The number of benzene rings is 1. The fourth-order valence-electron chi connectivity index (χ4n) is 1.64. The smallest absolute Gasteiger partial charge is 0.254 e. The fourth-order valence-corrected chi connectivity index (χ4v) is 1.64. The van der Waals surface area contributed by atoms with E-state index in [0.29, 0.717) is 5.78 Å². The summed E-state index contributed by atoms with van der Waals surface area (Å²) in [7, 11) is 0. The molecule has 2 aromatic heterocycles. The SMILES string of the molecule is Nc1nc2nccc(-c3ccccc3)n2n1. The summed E-state index contributed by atoms with van der Waals surface area (Å²) < 4.78 is 1.64. The van der Waals surface area contributed by atoms with Gasteiger partial charge in [0.25, 0.3) is 5.78 Å². The predicted octanol–water partition coefficient (Wildman–Crippen LogP) is 1.37. The van der Waals surface area contributed by atoms with Crippen LogP contribution in [0.15, 0.2) is 42.6 Å². The molecule has 0 aliphatic heterocycles. The molecule has 0 fully saturated rings. The van der Waals surface area contributed by atoms with Crippen LogP contribution < -0.4 is 5.73 Å². The van der Waals surface area contributed by atoms with Crippen LogP contribution in [0, 0.1) is 0 Å². The van der Waals surface area contributed by atoms with E-state index < -0.39 is 0 Å². The lowest BCUT2D eigenvalue weighted by atomic mass is 10.1. The monoisotopic (exact) mass is 211 g/mol. The molecule has 0 aliphatic rings. The van der Waals surface area contributed by atoms with Crippen LogP contribution in [0.5, 0.6) is 0 Å². The zero-order chi connectivity index (χ0) is 11.0. The van der Waals surface area contributed by atoms with Crippen LogP contribution >= 0.6 is 0 Å². The van der Waals surface area contributed by atoms with Crippen LogP contribution in [0.1, 0.15) is 0 Å². The van der Waals surface area contributed by atoms with E-state index in [9.17, 15) is 0 Å². The summed E-state index contributed by atoms with van der Waals surface area (Å²) in [4.78, 5) is 8.12. The number of fused-ring (bicyclic) bond motifs is 1. The van der Waals surface area contributed by atoms with Crippen LogP contribution in [0.3, 0.4) is 0 Å². The molecule has 3 rings (SSSR count). The highest BCUT2D eigenvalue weighted by Gasteiger charge is 2.06. The molecule has 0 spiro atoms. The molecule has 0 aliphatic carbocycles. The topological polar surface area (TPSA) is 69.1 Å². The van der Waals surface area contributed by atoms with E-state index in [-0.39, 0.29) is 5.95 Å². The molecule has 3 aromatic rings. The molecule has 0 amide bonds. The minimum atomic E-state index is 0.232. The highest BCUT2D eigenvalue weighted by molar-refractivity contribution is 5.61. The number of nitrogen functional groups attached to an aromatic ring is 1. The van der Waals surface area contributed by atoms with Gasteiger partial charge in [-0.2, -0.15) is 9.50 Å². The molecule has 0 unspecified atom stereocenters. The Morgan fingerprint density at radius 1 is 1.06 bits per heavy atom. The van der Waals surface area contributed by atoms with Gasteiger partial charge < -0.3 is 5.73 Å². The summed E-state index contributed by atoms with van der Waals surface area (Å²) in [5.41, 5.74) is 7.54. The van der Waals surface area contributed by atoms with Crippen molar-refractivity contribution in [1.82, 2.24) is 19.6 Å². The maximum Gasteiger partial charge on any atom is 0.254 e. The third kappa shape index (κ3) is 1.30. The molecule has 0 saturated carbocycles. The maximum absolute atomic E-state index is 5.55. The van der Waals surface area contributed by atoms with E-state index >= 15 is 0 Å². The van der Waals surface area contributed by atoms with E-state index in [2.05, 4.69) is 15.1 Å². The fraction of sp³-hybridized carbons (Fsp3) is 0. The second kappa shape index (κ2) is 3.30. The van der Waals surface area contributed by atoms with Gasteiger partial charge in [-0.25, -0.2) is 4.98 Å². The lowest BCUT2D eigenvalue weighted by molar-refractivity contribution is 0.953. The lowest BCUT2D eigenvalue weighted by Gasteiger charge is -2.02. The number of nitrogens with two attached hydrogens (primary N) is 1. The number of nitrogens with zero attached hydrogens (tertiary/aromatic N) is 4. The van der Waals surface area contributed by atoms with Crippen molar-refractivity contribution >= 4 is 11.7 Å². The minimum Gasteiger partial charge on any atom is -0.366 e. The van der Waals surface area contributed by atoms with Gasteiger partial charge in [-0.15, -0.1) is 5.10 Å². The van der Waals surface area contributed by atoms with Crippen molar-refractivity contribution in [3.8, 4) is 11.3 Å². The van der Waals surface area contributed by atoms with Gasteiger partial charge in [0, 0.05) is 11.8 Å². The Morgan fingerprint density at radius 3 is 2.69 bits per heavy atom. The molecule has 0 saturated heterocycles. The van der Waals surface area contributed by atoms with E-state index in [1.807, 2.05) is 36.4 Å². The van der Waals surface area contributed by atoms with Crippen molar-refractivity contribution in [2.75, 3.05) is 5.73 Å². The molecule has 5 heteroatoms. The van der Waals surface area contributed by atoms with Gasteiger partial charge >= 0.3 is 0 Å². The first-order chi connectivity index (χ1) is 7.84. The average Bonchev–Trinajstić information content (AvgIpc) is 2.70. The first-order valence-corrected chi connectivity index (χ1v) is 4.87. The van der Waals surface area contributed by atoms with E-state index in [4.69, 9.17) is 5.73 Å². The Bertz CT molecular complexity index is 629. The van der Waals surface area contributed by atoms with Crippen LogP contribution in [-0.2, 0) is 0 Å². The average molecular weight is 211 g/mol. The van der Waals surface area contributed by atoms with E-state index in [1.54, 1.807) is 10.7 Å². The molecular weight excluding hydrogens is 202 g/mol. The largest absolute Gasteiger partial charge is 0.366 e. The van der Waals surface area contributed by atoms with Crippen LogP contribution in [0.2, 0.25) is 0 Å². The number of hydrogen-bond acceptors (Lipinski definition) is 4. The number of aromatic nitrogens is 4. The van der Waals surface area contributed by atoms with E-state index in [0.717, 1.165) is 11.3 Å². The summed E-state index contributed by atoms with van der Waals surface area (Å²) in [6.45, 7) is 0. The Kier molecular flexibility index (Phi) is 1.83. The van der Waals surface area contributed by atoms with Crippen molar-refractivity contribution in [3.05, 3.63) is 42.6 Å². The van der Waals surface area contributed by atoms with Crippen molar-refractivity contribution in [1.29, 1.82) is 0 Å². The summed E-state index contributed by atoms with van der Waals surface area (Å²) in [5.74, 6) is 0.745. The predicted molar refractivity (Wildman–Crippen MR) is 60.6 cm³/mol. The highest BCUT2D eigenvalue weighted by Crippen LogP contribution is 2.18. The second-order valence-electron chi connectivity index (χ2n) is 3.38. The first-order valence-electron chi connectivity index (χ1n) is 4.87. The van der Waals surface area contributed by atoms with Gasteiger partial charge in [0.05, 0.1) is 5.69 Å². The van der Waals surface area contributed by atoms with Crippen molar-refractivity contribution in [2.24, 2.45) is 0 Å². The van der Waals surface area contributed by atoms with Gasteiger partial charge in [0.2, 0.25) is 5.95 Å². The summed E-state index contributed by atoms with van der Waals surface area (Å²) >= 11 is 0. The second-order valence-corrected chi connectivity index (χ2v) is 3.38. The molecule has 1 aromatic carbocycles. The van der Waals surface area contributed by atoms with Gasteiger partial charge in [-0.1, -0.05) is 30.3 Å². The molecule has 5 nitrogen and oxygen atoms in total.